The quantitative estimate of drug-likeness (QED) is 0.476. The summed E-state index contributed by atoms with van der Waals surface area (Å²) in [7, 11) is 0. The lowest BCUT2D eigenvalue weighted by molar-refractivity contribution is -0.119. The summed E-state index contributed by atoms with van der Waals surface area (Å²) in [5, 5.41) is 13.5. The van der Waals surface area contributed by atoms with Crippen LogP contribution in [0.2, 0.25) is 0 Å². The van der Waals surface area contributed by atoms with Gasteiger partial charge in [-0.25, -0.2) is 4.39 Å². The molecule has 0 aliphatic carbocycles. The lowest BCUT2D eigenvalue weighted by Gasteiger charge is -2.31. The molecule has 0 bridgehead atoms. The summed E-state index contributed by atoms with van der Waals surface area (Å²) in [6.07, 6.45) is 14.2. The minimum atomic E-state index is -0.923. The summed E-state index contributed by atoms with van der Waals surface area (Å²) >= 11 is 0. The van der Waals surface area contributed by atoms with E-state index in [-0.39, 0.29) is 0 Å². The number of β-amino-alcohol motifs (C(OH)–C–C–N with tert-alkyl or cyclic N) is 1. The molecule has 30 heavy (non-hydrogen) atoms. The molecule has 0 unspecified atom stereocenters. The number of carbonyl (C=O) groups is 1. The molecule has 1 rings (SSSR count). The van der Waals surface area contributed by atoms with Gasteiger partial charge in [-0.2, -0.15) is 0 Å². The van der Waals surface area contributed by atoms with Gasteiger partial charge in [0.15, 0.2) is 0 Å². The Balaban J connectivity index is 3.08. The number of primary amides is 1. The summed E-state index contributed by atoms with van der Waals surface area (Å²) in [4.78, 5) is 18.0. The second-order valence-electron chi connectivity index (χ2n) is 7.87. The highest BCUT2D eigenvalue weighted by Crippen LogP contribution is 2.16. The molecule has 4 N–H and O–H groups in total. The van der Waals surface area contributed by atoms with Gasteiger partial charge in [0.25, 0.3) is 0 Å². The van der Waals surface area contributed by atoms with Gasteiger partial charge in [-0.05, 0) is 51.3 Å². The molecule has 0 aromatic heterocycles. The lowest BCUT2D eigenvalue weighted by Crippen LogP contribution is -2.49. The van der Waals surface area contributed by atoms with Gasteiger partial charge in [-0.15, -0.1) is 0 Å². The van der Waals surface area contributed by atoms with E-state index in [1.165, 1.54) is 6.08 Å². The molecule has 0 fully saturated rings. The number of nitrogens with one attached hydrogen (secondary N) is 1. The van der Waals surface area contributed by atoms with Crippen LogP contribution >= 0.6 is 0 Å². The molecule has 0 saturated heterocycles. The number of aliphatic hydroxyl groups is 1. The number of nitrogens with zero attached hydrogens (tertiary/aromatic N) is 2. The predicted octanol–water partition coefficient (Wildman–Crippen LogP) is 2.79. The number of rotatable bonds is 10. The third-order valence-corrected chi connectivity index (χ3v) is 4.39. The van der Waals surface area contributed by atoms with Gasteiger partial charge in [-0.3, -0.25) is 15.1 Å². The van der Waals surface area contributed by atoms with Gasteiger partial charge < -0.3 is 15.7 Å². The number of amidine groups is 1. The van der Waals surface area contributed by atoms with Gasteiger partial charge in [0, 0.05) is 13.1 Å². The monoisotopic (exact) mass is 418 g/mol. The Morgan fingerprint density at radius 1 is 1.50 bits per heavy atom. The highest BCUT2D eigenvalue weighted by Gasteiger charge is 2.21. The fourth-order valence-electron chi connectivity index (χ4n) is 2.91. The number of aliphatic imine (C=N–C) groups is 1. The maximum atomic E-state index is 12.4. The van der Waals surface area contributed by atoms with Crippen LogP contribution in [-0.4, -0.2) is 59.6 Å². The summed E-state index contributed by atoms with van der Waals surface area (Å²) in [6, 6.07) is -0.483. The SMILES string of the molecule is C\C=C/C(=C\C=C\F)CC1=CCN(CC(C)(C)O)C(CN[C@@H](C)C(N)=O)=NCC=C1. The first-order valence-electron chi connectivity index (χ1n) is 10.1. The number of nitrogens with two attached hydrogens (primary N) is 1. The molecule has 0 aromatic rings. The van der Waals surface area contributed by atoms with Crippen LogP contribution in [0.1, 0.15) is 34.1 Å². The molecular weight excluding hydrogens is 383 g/mol. The van der Waals surface area contributed by atoms with Crippen molar-refractivity contribution in [2.24, 2.45) is 10.7 Å². The molecule has 0 saturated carbocycles. The van der Waals surface area contributed by atoms with Crippen molar-refractivity contribution in [2.75, 3.05) is 26.2 Å². The molecule has 1 atom stereocenters. The predicted molar refractivity (Wildman–Crippen MR) is 122 cm³/mol. The van der Waals surface area contributed by atoms with Crippen LogP contribution < -0.4 is 11.1 Å². The first kappa shape index (κ1) is 25.5. The van der Waals surface area contributed by atoms with Gasteiger partial charge in [-0.1, -0.05) is 36.5 Å². The van der Waals surface area contributed by atoms with Crippen molar-refractivity contribution in [2.45, 2.75) is 45.8 Å². The van der Waals surface area contributed by atoms with Crippen molar-refractivity contribution < 1.29 is 14.3 Å². The highest BCUT2D eigenvalue weighted by atomic mass is 19.1. The average Bonchev–Trinajstić information content (AvgIpc) is 2.75. The standard InChI is InChI=1S/C23H35FN4O2/c1-5-8-19(9-6-12-24)15-20-10-7-13-26-21(16-27-18(2)22(25)29)28(14-11-20)17-23(3,4)30/h5-12,18,27,30H,13-17H2,1-4H3,(H2,25,29)/b8-5-,10-7?,12-6+,19-9+,20-11?,26-21?/t18-/m0/s1. The normalized spacial score (nSPS) is 17.5. The van der Waals surface area contributed by atoms with E-state index in [0.29, 0.717) is 38.9 Å². The van der Waals surface area contributed by atoms with Crippen LogP contribution in [0.4, 0.5) is 4.39 Å². The van der Waals surface area contributed by atoms with Crippen molar-refractivity contribution in [3.8, 4) is 0 Å². The lowest BCUT2D eigenvalue weighted by atomic mass is 10.0. The van der Waals surface area contributed by atoms with Crippen LogP contribution in [-0.2, 0) is 4.79 Å². The second-order valence-corrected chi connectivity index (χ2v) is 7.87. The summed E-state index contributed by atoms with van der Waals surface area (Å²) < 4.78 is 12.4. The Bertz CT molecular complexity index is 743. The number of carbonyl (C=O) groups excluding carboxylic acids is 1. The van der Waals surface area contributed by atoms with E-state index in [1.54, 1.807) is 26.8 Å². The van der Waals surface area contributed by atoms with Crippen LogP contribution in [0, 0.1) is 0 Å². The number of allylic oxidation sites excluding steroid dienone is 7. The fraction of sp³-hybridized carbons (Fsp3) is 0.478. The highest BCUT2D eigenvalue weighted by molar-refractivity contribution is 5.86. The average molecular weight is 419 g/mol. The van der Waals surface area contributed by atoms with Crippen LogP contribution in [0.5, 0.6) is 0 Å². The van der Waals surface area contributed by atoms with E-state index >= 15 is 0 Å². The van der Waals surface area contributed by atoms with Crippen molar-refractivity contribution >= 4 is 11.7 Å². The van der Waals surface area contributed by atoms with Gasteiger partial charge in [0.05, 0.1) is 31.1 Å². The zero-order chi connectivity index (χ0) is 22.6. The zero-order valence-electron chi connectivity index (χ0n) is 18.4. The van der Waals surface area contributed by atoms with E-state index in [2.05, 4.69) is 16.4 Å². The van der Waals surface area contributed by atoms with Gasteiger partial charge in [0.2, 0.25) is 5.91 Å². The van der Waals surface area contributed by atoms with E-state index in [0.717, 1.165) is 17.0 Å². The first-order chi connectivity index (χ1) is 14.2. The Morgan fingerprint density at radius 2 is 2.23 bits per heavy atom. The molecule has 6 nitrogen and oxygen atoms in total. The molecule has 0 aromatic carbocycles. The van der Waals surface area contributed by atoms with E-state index < -0.39 is 17.6 Å². The molecule has 0 spiro atoms. The summed E-state index contributed by atoms with van der Waals surface area (Å²) in [6.45, 7) is 8.87. The molecule has 166 valence electrons. The van der Waals surface area contributed by atoms with Gasteiger partial charge in [0.1, 0.15) is 5.84 Å². The summed E-state index contributed by atoms with van der Waals surface area (Å²) in [5.74, 6) is 0.317. The number of amides is 1. The summed E-state index contributed by atoms with van der Waals surface area (Å²) in [5.41, 5.74) is 6.47. The topological polar surface area (TPSA) is 91.0 Å². The molecule has 1 aliphatic rings. The zero-order valence-corrected chi connectivity index (χ0v) is 18.4. The third-order valence-electron chi connectivity index (χ3n) is 4.39. The van der Waals surface area contributed by atoms with Crippen molar-refractivity contribution in [3.63, 3.8) is 0 Å². The third kappa shape index (κ3) is 10.3. The van der Waals surface area contributed by atoms with E-state index in [4.69, 9.17) is 5.73 Å². The first-order valence-corrected chi connectivity index (χ1v) is 10.1. The number of hydrogen-bond donors (Lipinski definition) is 3. The Labute approximate surface area is 179 Å². The van der Waals surface area contributed by atoms with Crippen LogP contribution in [0.15, 0.2) is 65.0 Å². The Kier molecular flexibility index (Phi) is 11.0. The molecular formula is C23H35FN4O2. The Morgan fingerprint density at radius 3 is 2.83 bits per heavy atom. The Hall–Kier alpha value is -2.51. The number of halogens is 1. The van der Waals surface area contributed by atoms with E-state index in [1.807, 2.05) is 36.1 Å². The molecule has 1 heterocycles. The minimum Gasteiger partial charge on any atom is -0.389 e. The fourth-order valence-corrected chi connectivity index (χ4v) is 2.91. The largest absolute Gasteiger partial charge is 0.389 e. The maximum Gasteiger partial charge on any atom is 0.234 e. The van der Waals surface area contributed by atoms with Crippen molar-refractivity contribution in [1.29, 1.82) is 0 Å². The molecule has 1 amide bonds. The maximum absolute atomic E-state index is 12.4. The molecule has 7 heteroatoms. The second kappa shape index (κ2) is 12.9. The van der Waals surface area contributed by atoms with Gasteiger partial charge >= 0.3 is 0 Å². The number of hydrogen-bond acceptors (Lipinski definition) is 5. The van der Waals surface area contributed by atoms with Crippen LogP contribution in [0.3, 0.4) is 0 Å². The molecule has 1 aliphatic heterocycles. The smallest absolute Gasteiger partial charge is 0.234 e. The minimum absolute atomic E-state index is 0.363. The molecule has 0 radical (unpaired) electrons. The van der Waals surface area contributed by atoms with Crippen molar-refractivity contribution in [1.82, 2.24) is 10.2 Å². The van der Waals surface area contributed by atoms with Crippen LogP contribution in [0.25, 0.3) is 0 Å². The van der Waals surface area contributed by atoms with E-state index in [9.17, 15) is 14.3 Å². The van der Waals surface area contributed by atoms with Crippen molar-refractivity contribution in [3.05, 3.63) is 60.0 Å².